The lowest BCUT2D eigenvalue weighted by atomic mass is 10.1. The van der Waals surface area contributed by atoms with E-state index in [-0.39, 0.29) is 6.04 Å². The Kier molecular flexibility index (Phi) is 4.83. The van der Waals surface area contributed by atoms with E-state index in [1.54, 1.807) is 0 Å². The Bertz CT molecular complexity index is 550. The molecule has 2 aromatic rings. The van der Waals surface area contributed by atoms with Gasteiger partial charge in [-0.1, -0.05) is 30.3 Å². The molecule has 0 amide bonds. The molecule has 0 bridgehead atoms. The number of rotatable bonds is 5. The van der Waals surface area contributed by atoms with E-state index in [1.165, 1.54) is 11.6 Å². The molecule has 5 heteroatoms. The largest absolute Gasteiger partial charge is 0.419 e. The van der Waals surface area contributed by atoms with Gasteiger partial charge in [-0.15, -0.1) is 0 Å². The first-order valence-corrected chi connectivity index (χ1v) is 6.84. The van der Waals surface area contributed by atoms with Crippen LogP contribution in [0.1, 0.15) is 24.5 Å². The SMILES string of the molecule is C[C@@H](CCc1ccccc1)Nc1ccc(C(F)(F)F)c[nH+]1. The van der Waals surface area contributed by atoms with Gasteiger partial charge in [0.1, 0.15) is 6.20 Å². The van der Waals surface area contributed by atoms with Crippen molar-refractivity contribution in [2.75, 3.05) is 5.32 Å². The zero-order chi connectivity index (χ0) is 15.3. The van der Waals surface area contributed by atoms with E-state index in [0.717, 1.165) is 25.1 Å². The van der Waals surface area contributed by atoms with E-state index in [4.69, 9.17) is 0 Å². The second-order valence-electron chi connectivity index (χ2n) is 5.06. The van der Waals surface area contributed by atoms with Crippen molar-refractivity contribution in [1.82, 2.24) is 0 Å². The Morgan fingerprint density at radius 2 is 1.81 bits per heavy atom. The maximum absolute atomic E-state index is 12.5. The maximum atomic E-state index is 12.5. The van der Waals surface area contributed by atoms with Crippen molar-refractivity contribution in [3.8, 4) is 0 Å². The zero-order valence-electron chi connectivity index (χ0n) is 11.7. The van der Waals surface area contributed by atoms with Gasteiger partial charge in [-0.3, -0.25) is 5.32 Å². The first-order chi connectivity index (χ1) is 9.95. The summed E-state index contributed by atoms with van der Waals surface area (Å²) in [6, 6.07) is 12.8. The van der Waals surface area contributed by atoms with Gasteiger partial charge in [0, 0.05) is 6.07 Å². The van der Waals surface area contributed by atoms with E-state index in [2.05, 4.69) is 22.4 Å². The van der Waals surface area contributed by atoms with Gasteiger partial charge >= 0.3 is 6.18 Å². The first-order valence-electron chi connectivity index (χ1n) is 6.84. The number of pyridine rings is 1. The standard InChI is InChI=1S/C16H17F3N2/c1-12(7-8-13-5-3-2-4-6-13)21-15-10-9-14(11-20-15)16(17,18)19/h2-6,9-12H,7-8H2,1H3,(H,20,21)/p+1/t12-/m0/s1. The molecule has 2 nitrogen and oxygen atoms in total. The van der Waals surface area contributed by atoms with Gasteiger partial charge in [0.2, 0.25) is 0 Å². The molecular formula is C16H18F3N2+. The second-order valence-corrected chi connectivity index (χ2v) is 5.06. The Morgan fingerprint density at radius 3 is 2.38 bits per heavy atom. The number of alkyl halides is 3. The minimum atomic E-state index is -4.31. The molecule has 0 spiro atoms. The summed E-state index contributed by atoms with van der Waals surface area (Å²) in [6.07, 6.45) is -1.51. The predicted octanol–water partition coefficient (Wildman–Crippen LogP) is 3.95. The van der Waals surface area contributed by atoms with Crippen LogP contribution in [-0.4, -0.2) is 6.04 Å². The molecule has 0 radical (unpaired) electrons. The highest BCUT2D eigenvalue weighted by Crippen LogP contribution is 2.28. The van der Waals surface area contributed by atoms with Crippen LogP contribution >= 0.6 is 0 Å². The average molecular weight is 295 g/mol. The third-order valence-electron chi connectivity index (χ3n) is 3.25. The summed E-state index contributed by atoms with van der Waals surface area (Å²) in [5.41, 5.74) is 0.576. The lowest BCUT2D eigenvalue weighted by Crippen LogP contribution is -2.23. The highest BCUT2D eigenvalue weighted by atomic mass is 19.4. The molecule has 1 atom stereocenters. The van der Waals surface area contributed by atoms with Gasteiger partial charge in [-0.2, -0.15) is 13.2 Å². The van der Waals surface area contributed by atoms with Crippen molar-refractivity contribution in [2.24, 2.45) is 0 Å². The molecule has 1 heterocycles. The van der Waals surface area contributed by atoms with Crippen molar-refractivity contribution in [3.63, 3.8) is 0 Å². The first kappa shape index (κ1) is 15.4. The van der Waals surface area contributed by atoms with E-state index in [0.29, 0.717) is 5.82 Å². The topological polar surface area (TPSA) is 26.2 Å². The molecule has 0 aliphatic rings. The number of nitrogens with one attached hydrogen (secondary N) is 2. The van der Waals surface area contributed by atoms with Crippen LogP contribution in [-0.2, 0) is 12.6 Å². The van der Waals surface area contributed by atoms with Crippen LogP contribution in [0.2, 0.25) is 0 Å². The number of aromatic amines is 1. The third-order valence-corrected chi connectivity index (χ3v) is 3.25. The van der Waals surface area contributed by atoms with Crippen LogP contribution in [0.5, 0.6) is 0 Å². The fourth-order valence-electron chi connectivity index (χ4n) is 2.06. The Balaban J connectivity index is 1.86. The summed E-state index contributed by atoms with van der Waals surface area (Å²) in [7, 11) is 0. The summed E-state index contributed by atoms with van der Waals surface area (Å²) in [4.78, 5) is 2.64. The number of aromatic nitrogens is 1. The molecular weight excluding hydrogens is 277 g/mol. The minimum absolute atomic E-state index is 0.165. The summed E-state index contributed by atoms with van der Waals surface area (Å²) >= 11 is 0. The van der Waals surface area contributed by atoms with Crippen LogP contribution in [0.4, 0.5) is 19.0 Å². The molecule has 0 unspecified atom stereocenters. The van der Waals surface area contributed by atoms with Crippen molar-refractivity contribution in [3.05, 3.63) is 59.8 Å². The van der Waals surface area contributed by atoms with Gasteiger partial charge in [0.15, 0.2) is 0 Å². The quantitative estimate of drug-likeness (QED) is 0.888. The van der Waals surface area contributed by atoms with Crippen molar-refractivity contribution in [2.45, 2.75) is 32.0 Å². The van der Waals surface area contributed by atoms with Gasteiger partial charge in [-0.05, 0) is 31.4 Å². The molecule has 2 rings (SSSR count). The lowest BCUT2D eigenvalue weighted by Gasteiger charge is -2.10. The van der Waals surface area contributed by atoms with Gasteiger partial charge in [-0.25, -0.2) is 4.98 Å². The molecule has 112 valence electrons. The van der Waals surface area contributed by atoms with Crippen molar-refractivity contribution in [1.29, 1.82) is 0 Å². The van der Waals surface area contributed by atoms with Gasteiger partial charge in [0.25, 0.3) is 5.82 Å². The number of hydrogen-bond donors (Lipinski definition) is 1. The Labute approximate surface area is 122 Å². The fourth-order valence-corrected chi connectivity index (χ4v) is 2.06. The Morgan fingerprint density at radius 1 is 1.10 bits per heavy atom. The smallest absolute Gasteiger partial charge is 0.272 e. The zero-order valence-corrected chi connectivity index (χ0v) is 11.7. The molecule has 0 aliphatic heterocycles. The summed E-state index contributed by atoms with van der Waals surface area (Å²) in [5.74, 6) is 0.587. The fraction of sp³-hybridized carbons (Fsp3) is 0.312. The summed E-state index contributed by atoms with van der Waals surface area (Å²) < 4.78 is 37.4. The summed E-state index contributed by atoms with van der Waals surface area (Å²) in [6.45, 7) is 2.01. The number of H-pyrrole nitrogens is 1. The van der Waals surface area contributed by atoms with E-state index < -0.39 is 11.7 Å². The van der Waals surface area contributed by atoms with Crippen LogP contribution in [0.15, 0.2) is 48.7 Å². The second kappa shape index (κ2) is 6.61. The molecule has 0 aliphatic carbocycles. The van der Waals surface area contributed by atoms with Gasteiger partial charge in [0.05, 0.1) is 11.6 Å². The number of halogens is 3. The number of hydrogen-bond acceptors (Lipinski definition) is 1. The van der Waals surface area contributed by atoms with E-state index in [9.17, 15) is 13.2 Å². The minimum Gasteiger partial charge on any atom is -0.272 e. The van der Waals surface area contributed by atoms with E-state index in [1.807, 2.05) is 25.1 Å². The third kappa shape index (κ3) is 4.77. The molecule has 1 aromatic carbocycles. The van der Waals surface area contributed by atoms with Crippen molar-refractivity contribution < 1.29 is 18.2 Å². The monoisotopic (exact) mass is 295 g/mol. The molecule has 0 saturated heterocycles. The molecule has 1 aromatic heterocycles. The summed E-state index contributed by atoms with van der Waals surface area (Å²) in [5, 5.41) is 3.17. The Hall–Kier alpha value is -2.04. The maximum Gasteiger partial charge on any atom is 0.419 e. The normalized spacial score (nSPS) is 13.0. The van der Waals surface area contributed by atoms with Crippen LogP contribution in [0.3, 0.4) is 0 Å². The average Bonchev–Trinajstić information content (AvgIpc) is 2.46. The lowest BCUT2D eigenvalue weighted by molar-refractivity contribution is -0.365. The number of anilines is 1. The highest BCUT2D eigenvalue weighted by Gasteiger charge is 2.31. The molecule has 0 saturated carbocycles. The van der Waals surface area contributed by atoms with Crippen LogP contribution < -0.4 is 10.3 Å². The number of aryl methyl sites for hydroxylation is 1. The van der Waals surface area contributed by atoms with Gasteiger partial charge < -0.3 is 0 Å². The van der Waals surface area contributed by atoms with Crippen LogP contribution in [0, 0.1) is 0 Å². The van der Waals surface area contributed by atoms with Crippen molar-refractivity contribution >= 4 is 5.82 Å². The number of benzene rings is 1. The molecule has 0 fully saturated rings. The molecule has 21 heavy (non-hydrogen) atoms. The predicted molar refractivity (Wildman–Crippen MR) is 75.8 cm³/mol. The van der Waals surface area contributed by atoms with E-state index >= 15 is 0 Å². The van der Waals surface area contributed by atoms with Crippen LogP contribution in [0.25, 0.3) is 0 Å². The molecule has 2 N–H and O–H groups in total. The highest BCUT2D eigenvalue weighted by molar-refractivity contribution is 5.31.